The lowest BCUT2D eigenvalue weighted by molar-refractivity contribution is 0.776. The van der Waals surface area contributed by atoms with Crippen LogP contribution in [-0.2, 0) is 12.3 Å². The van der Waals surface area contributed by atoms with Gasteiger partial charge >= 0.3 is 0 Å². The first kappa shape index (κ1) is 10.1. The van der Waals surface area contributed by atoms with Crippen molar-refractivity contribution in [3.63, 3.8) is 0 Å². The molecule has 0 bridgehead atoms. The van der Waals surface area contributed by atoms with Crippen molar-refractivity contribution in [2.45, 2.75) is 19.2 Å². The van der Waals surface area contributed by atoms with Crippen molar-refractivity contribution < 1.29 is 0 Å². The number of aryl methyl sites for hydroxylation is 1. The molecule has 0 aliphatic heterocycles. The van der Waals surface area contributed by atoms with E-state index in [1.807, 2.05) is 12.1 Å². The monoisotopic (exact) mass is 222 g/mol. The van der Waals surface area contributed by atoms with Crippen LogP contribution in [0, 0.1) is 0 Å². The molecular formula is C10H11ClN4. The summed E-state index contributed by atoms with van der Waals surface area (Å²) in [5.41, 5.74) is 2.23. The number of alkyl halides is 1. The lowest BCUT2D eigenvalue weighted by Crippen LogP contribution is -2.01. The minimum absolute atomic E-state index is 0.308. The van der Waals surface area contributed by atoms with E-state index in [9.17, 15) is 0 Å². The maximum Gasteiger partial charge on any atom is 0.171 e. The van der Waals surface area contributed by atoms with E-state index < -0.39 is 0 Å². The van der Waals surface area contributed by atoms with Crippen LogP contribution >= 0.6 is 11.6 Å². The van der Waals surface area contributed by atoms with Crippen molar-refractivity contribution >= 4 is 11.6 Å². The molecule has 0 N–H and O–H groups in total. The van der Waals surface area contributed by atoms with Crippen molar-refractivity contribution in [1.29, 1.82) is 0 Å². The number of hydrogen-bond donors (Lipinski definition) is 0. The second-order valence-electron chi connectivity index (χ2n) is 3.16. The first-order valence-corrected chi connectivity index (χ1v) is 5.31. The van der Waals surface area contributed by atoms with Gasteiger partial charge in [0.25, 0.3) is 0 Å². The lowest BCUT2D eigenvalue weighted by Gasteiger charge is -2.03. The van der Waals surface area contributed by atoms with Gasteiger partial charge in [-0.3, -0.25) is 0 Å². The summed E-state index contributed by atoms with van der Waals surface area (Å²) in [6.07, 6.45) is 1.03. The highest BCUT2D eigenvalue weighted by Crippen LogP contribution is 2.11. The van der Waals surface area contributed by atoms with Gasteiger partial charge in [-0.25, -0.2) is 0 Å². The van der Waals surface area contributed by atoms with E-state index in [1.54, 1.807) is 4.68 Å². The second kappa shape index (κ2) is 4.40. The van der Waals surface area contributed by atoms with E-state index in [4.69, 9.17) is 11.6 Å². The minimum Gasteiger partial charge on any atom is -0.196 e. The topological polar surface area (TPSA) is 43.6 Å². The Balaban J connectivity index is 2.37. The highest BCUT2D eigenvalue weighted by Gasteiger charge is 2.05. The van der Waals surface area contributed by atoms with Gasteiger partial charge in [0.2, 0.25) is 0 Å². The van der Waals surface area contributed by atoms with Gasteiger partial charge in [-0.1, -0.05) is 19.1 Å². The Morgan fingerprint density at radius 1 is 1.27 bits per heavy atom. The first-order valence-electron chi connectivity index (χ1n) is 4.77. The fourth-order valence-corrected chi connectivity index (χ4v) is 1.53. The number of halogens is 1. The molecule has 78 valence electrons. The number of tetrazole rings is 1. The molecule has 0 atom stereocenters. The summed E-state index contributed by atoms with van der Waals surface area (Å²) in [5, 5.41) is 11.3. The molecular weight excluding hydrogens is 212 g/mol. The molecule has 15 heavy (non-hydrogen) atoms. The summed E-state index contributed by atoms with van der Waals surface area (Å²) in [7, 11) is 0. The molecule has 1 aromatic heterocycles. The average molecular weight is 223 g/mol. The Hall–Kier alpha value is -1.42. The van der Waals surface area contributed by atoms with Crippen molar-refractivity contribution in [2.75, 3.05) is 0 Å². The Bertz CT molecular complexity index is 435. The molecule has 5 heteroatoms. The predicted molar refractivity (Wildman–Crippen MR) is 58.1 cm³/mol. The molecule has 0 fully saturated rings. The Morgan fingerprint density at radius 2 is 2.00 bits per heavy atom. The molecule has 0 aliphatic rings. The Morgan fingerprint density at radius 3 is 2.60 bits per heavy atom. The summed E-state index contributed by atoms with van der Waals surface area (Å²) in [6.45, 7) is 2.12. The van der Waals surface area contributed by atoms with Gasteiger partial charge in [-0.2, -0.15) is 4.68 Å². The summed E-state index contributed by atoms with van der Waals surface area (Å²) < 4.78 is 1.65. The van der Waals surface area contributed by atoms with E-state index in [0.717, 1.165) is 12.1 Å². The highest BCUT2D eigenvalue weighted by atomic mass is 35.5. The number of rotatable bonds is 3. The van der Waals surface area contributed by atoms with Crippen LogP contribution in [0.15, 0.2) is 24.3 Å². The number of benzene rings is 1. The van der Waals surface area contributed by atoms with Crippen LogP contribution in [0.2, 0.25) is 0 Å². The van der Waals surface area contributed by atoms with Crippen LogP contribution in [0.1, 0.15) is 18.3 Å². The maximum absolute atomic E-state index is 5.72. The quantitative estimate of drug-likeness (QED) is 0.746. The molecule has 1 aromatic carbocycles. The molecule has 0 spiro atoms. The van der Waals surface area contributed by atoms with Gasteiger partial charge in [0.1, 0.15) is 0 Å². The van der Waals surface area contributed by atoms with Crippen molar-refractivity contribution in [1.82, 2.24) is 20.2 Å². The number of hydrogen-bond acceptors (Lipinski definition) is 3. The second-order valence-corrected chi connectivity index (χ2v) is 3.43. The molecule has 0 saturated heterocycles. The maximum atomic E-state index is 5.72. The van der Waals surface area contributed by atoms with Gasteiger partial charge in [0.05, 0.1) is 11.6 Å². The van der Waals surface area contributed by atoms with Crippen LogP contribution in [0.25, 0.3) is 5.69 Å². The van der Waals surface area contributed by atoms with Crippen LogP contribution in [0.3, 0.4) is 0 Å². The fourth-order valence-electron chi connectivity index (χ4n) is 1.36. The summed E-state index contributed by atoms with van der Waals surface area (Å²) in [5.74, 6) is 0.962. The predicted octanol–water partition coefficient (Wildman–Crippen LogP) is 1.96. The zero-order chi connectivity index (χ0) is 10.7. The molecule has 0 radical (unpaired) electrons. The lowest BCUT2D eigenvalue weighted by atomic mass is 10.1. The largest absolute Gasteiger partial charge is 0.196 e. The SMILES string of the molecule is CCc1ccc(-n2nnnc2CCl)cc1. The molecule has 0 unspecified atom stereocenters. The third-order valence-electron chi connectivity index (χ3n) is 2.24. The number of aromatic nitrogens is 4. The highest BCUT2D eigenvalue weighted by molar-refractivity contribution is 6.16. The average Bonchev–Trinajstić information content (AvgIpc) is 2.77. The first-order chi connectivity index (χ1) is 7.35. The van der Waals surface area contributed by atoms with Crippen LogP contribution < -0.4 is 0 Å². The number of nitrogens with zero attached hydrogens (tertiary/aromatic N) is 4. The molecule has 0 aliphatic carbocycles. The fraction of sp³-hybridized carbons (Fsp3) is 0.300. The Labute approximate surface area is 92.9 Å². The summed E-state index contributed by atoms with van der Waals surface area (Å²) in [6, 6.07) is 8.11. The van der Waals surface area contributed by atoms with Crippen molar-refractivity contribution in [3.05, 3.63) is 35.7 Å². The van der Waals surface area contributed by atoms with Gasteiger partial charge in [-0.15, -0.1) is 16.7 Å². The van der Waals surface area contributed by atoms with E-state index in [-0.39, 0.29) is 0 Å². The van der Waals surface area contributed by atoms with Gasteiger partial charge in [0.15, 0.2) is 5.82 Å². The normalized spacial score (nSPS) is 10.5. The van der Waals surface area contributed by atoms with Crippen LogP contribution in [0.4, 0.5) is 0 Å². The molecule has 1 heterocycles. The van der Waals surface area contributed by atoms with Crippen LogP contribution in [-0.4, -0.2) is 20.2 Å². The van der Waals surface area contributed by atoms with Gasteiger partial charge in [-0.05, 0) is 34.5 Å². The van der Waals surface area contributed by atoms with Crippen LogP contribution in [0.5, 0.6) is 0 Å². The van der Waals surface area contributed by atoms with E-state index >= 15 is 0 Å². The van der Waals surface area contributed by atoms with Crippen molar-refractivity contribution in [3.8, 4) is 5.69 Å². The molecule has 2 rings (SSSR count). The molecule has 0 amide bonds. The summed E-state index contributed by atoms with van der Waals surface area (Å²) >= 11 is 5.72. The van der Waals surface area contributed by atoms with Gasteiger partial charge < -0.3 is 0 Å². The standard InChI is InChI=1S/C10H11ClN4/c1-2-8-3-5-9(6-4-8)15-10(7-11)12-13-14-15/h3-6H,2,7H2,1H3. The minimum atomic E-state index is 0.308. The molecule has 2 aromatic rings. The smallest absolute Gasteiger partial charge is 0.171 e. The van der Waals surface area contributed by atoms with E-state index in [1.165, 1.54) is 5.56 Å². The third-order valence-corrected chi connectivity index (χ3v) is 2.48. The van der Waals surface area contributed by atoms with E-state index in [0.29, 0.717) is 11.7 Å². The zero-order valence-corrected chi connectivity index (χ0v) is 9.15. The van der Waals surface area contributed by atoms with E-state index in [2.05, 4.69) is 34.6 Å². The van der Waals surface area contributed by atoms with Gasteiger partial charge in [0, 0.05) is 0 Å². The summed E-state index contributed by atoms with van der Waals surface area (Å²) in [4.78, 5) is 0. The molecule has 4 nitrogen and oxygen atoms in total. The van der Waals surface area contributed by atoms with Crippen molar-refractivity contribution in [2.24, 2.45) is 0 Å². The third kappa shape index (κ3) is 1.99. The Kier molecular flexibility index (Phi) is 2.97. The zero-order valence-electron chi connectivity index (χ0n) is 8.39. The molecule has 0 saturated carbocycles.